The Bertz CT molecular complexity index is 678. The molecule has 1 aliphatic carbocycles. The number of hydrogen-bond acceptors (Lipinski definition) is 3. The Kier molecular flexibility index (Phi) is 7.23. The highest BCUT2D eigenvalue weighted by Gasteiger charge is 2.26. The van der Waals surface area contributed by atoms with Crippen molar-refractivity contribution in [2.24, 2.45) is 0 Å². The molecule has 140 valence electrons. The lowest BCUT2D eigenvalue weighted by Gasteiger charge is -2.26. The van der Waals surface area contributed by atoms with Crippen molar-refractivity contribution < 1.29 is 19.8 Å². The lowest BCUT2D eigenvalue weighted by Crippen LogP contribution is -2.40. The van der Waals surface area contributed by atoms with Crippen LogP contribution >= 0.6 is 0 Å². The van der Waals surface area contributed by atoms with E-state index in [-0.39, 0.29) is 0 Å². The fourth-order valence-electron chi connectivity index (χ4n) is 3.06. The molecule has 0 aliphatic heterocycles. The summed E-state index contributed by atoms with van der Waals surface area (Å²) >= 11 is 0. The number of unbranched alkanes of at least 4 members (excludes halogenated alkanes) is 1. The molecule has 1 fully saturated rings. The third-order valence-corrected chi connectivity index (χ3v) is 4.72. The molecule has 1 aromatic carbocycles. The number of carbonyl (C=O) groups excluding carboxylic acids is 1. The lowest BCUT2D eigenvalue weighted by molar-refractivity contribution is -0.139. The molecule has 2 rings (SSSR count). The van der Waals surface area contributed by atoms with Gasteiger partial charge in [0, 0.05) is 11.1 Å². The predicted octanol–water partition coefficient (Wildman–Crippen LogP) is 3.11. The predicted molar refractivity (Wildman–Crippen MR) is 99.8 cm³/mol. The van der Waals surface area contributed by atoms with Gasteiger partial charge >= 0.3 is 5.97 Å². The Morgan fingerprint density at radius 3 is 2.42 bits per heavy atom. The minimum absolute atomic E-state index is 0.398. The van der Waals surface area contributed by atoms with Gasteiger partial charge < -0.3 is 15.5 Å². The van der Waals surface area contributed by atoms with Crippen LogP contribution in [0.15, 0.2) is 24.3 Å². The smallest absolute Gasteiger partial charge is 0.326 e. The topological polar surface area (TPSA) is 86.6 Å². The summed E-state index contributed by atoms with van der Waals surface area (Å²) in [5.41, 5.74) is 0.221. The molecule has 1 saturated carbocycles. The third-order valence-electron chi connectivity index (χ3n) is 4.72. The molecule has 0 saturated heterocycles. The van der Waals surface area contributed by atoms with Crippen LogP contribution in [0.5, 0.6) is 0 Å². The van der Waals surface area contributed by atoms with Crippen molar-refractivity contribution >= 4 is 11.9 Å². The number of carbonyl (C=O) groups is 2. The fraction of sp³-hybridized carbons (Fsp3) is 0.524. The number of aliphatic carboxylic acids is 1. The SMILES string of the molecule is CCCC[C@@H](NC(=O)c1ccc(C#CC2(O)CCCCC2)cc1)C(=O)O. The molecule has 0 unspecified atom stereocenters. The molecular formula is C21H27NO4. The van der Waals surface area contributed by atoms with E-state index < -0.39 is 23.5 Å². The van der Waals surface area contributed by atoms with Crippen molar-refractivity contribution in [1.82, 2.24) is 5.32 Å². The number of nitrogens with one attached hydrogen (secondary N) is 1. The van der Waals surface area contributed by atoms with Crippen molar-refractivity contribution in [3.63, 3.8) is 0 Å². The van der Waals surface area contributed by atoms with E-state index in [0.29, 0.717) is 24.8 Å². The average molecular weight is 357 g/mol. The quantitative estimate of drug-likeness (QED) is 0.683. The second-order valence-electron chi connectivity index (χ2n) is 6.93. The summed E-state index contributed by atoms with van der Waals surface area (Å²) in [6.45, 7) is 1.98. The van der Waals surface area contributed by atoms with E-state index in [1.165, 1.54) is 0 Å². The van der Waals surface area contributed by atoms with Gasteiger partial charge in [0.2, 0.25) is 0 Å². The van der Waals surface area contributed by atoms with Crippen LogP contribution in [-0.2, 0) is 4.79 Å². The normalized spacial score (nSPS) is 16.8. The van der Waals surface area contributed by atoms with Gasteiger partial charge in [-0.25, -0.2) is 4.79 Å². The number of carboxylic acid groups (broad SMARTS) is 1. The number of hydrogen-bond donors (Lipinski definition) is 3. The highest BCUT2D eigenvalue weighted by atomic mass is 16.4. The molecule has 5 heteroatoms. The summed E-state index contributed by atoms with van der Waals surface area (Å²) in [7, 11) is 0. The Labute approximate surface area is 154 Å². The van der Waals surface area contributed by atoms with Gasteiger partial charge in [-0.2, -0.15) is 0 Å². The van der Waals surface area contributed by atoms with Crippen LogP contribution in [-0.4, -0.2) is 33.7 Å². The van der Waals surface area contributed by atoms with Crippen LogP contribution in [0.4, 0.5) is 0 Å². The van der Waals surface area contributed by atoms with Gasteiger partial charge in [0.25, 0.3) is 5.91 Å². The molecule has 0 radical (unpaired) electrons. The van der Waals surface area contributed by atoms with E-state index >= 15 is 0 Å². The Hall–Kier alpha value is -2.32. The summed E-state index contributed by atoms with van der Waals surface area (Å²) < 4.78 is 0. The van der Waals surface area contributed by atoms with Gasteiger partial charge in [-0.3, -0.25) is 4.79 Å². The Morgan fingerprint density at radius 2 is 1.85 bits per heavy atom. The zero-order valence-electron chi connectivity index (χ0n) is 15.3. The minimum atomic E-state index is -1.02. The first kappa shape index (κ1) is 20.0. The molecule has 1 amide bonds. The summed E-state index contributed by atoms with van der Waals surface area (Å²) in [5.74, 6) is 4.52. The summed E-state index contributed by atoms with van der Waals surface area (Å²) in [4.78, 5) is 23.5. The number of amides is 1. The van der Waals surface area contributed by atoms with Crippen molar-refractivity contribution in [3.05, 3.63) is 35.4 Å². The van der Waals surface area contributed by atoms with Crippen LogP contribution in [0, 0.1) is 11.8 Å². The maximum absolute atomic E-state index is 12.2. The van der Waals surface area contributed by atoms with Crippen LogP contribution in [0.2, 0.25) is 0 Å². The van der Waals surface area contributed by atoms with Gasteiger partial charge in [-0.05, 0) is 56.4 Å². The fourth-order valence-corrected chi connectivity index (χ4v) is 3.06. The summed E-state index contributed by atoms with van der Waals surface area (Å²) in [5, 5.41) is 22.2. The van der Waals surface area contributed by atoms with Crippen molar-refractivity contribution in [2.75, 3.05) is 0 Å². The zero-order valence-corrected chi connectivity index (χ0v) is 15.3. The molecular weight excluding hydrogens is 330 g/mol. The zero-order chi connectivity index (χ0) is 19.0. The van der Waals surface area contributed by atoms with Crippen LogP contribution in [0.25, 0.3) is 0 Å². The maximum Gasteiger partial charge on any atom is 0.326 e. The van der Waals surface area contributed by atoms with E-state index in [4.69, 9.17) is 0 Å². The first-order chi connectivity index (χ1) is 12.4. The molecule has 0 aromatic heterocycles. The number of benzene rings is 1. The van der Waals surface area contributed by atoms with Crippen molar-refractivity contribution in [2.45, 2.75) is 69.9 Å². The van der Waals surface area contributed by atoms with Gasteiger partial charge in [0.05, 0.1) is 0 Å². The molecule has 3 N–H and O–H groups in total. The Balaban J connectivity index is 2.00. The second-order valence-corrected chi connectivity index (χ2v) is 6.93. The first-order valence-corrected chi connectivity index (χ1v) is 9.33. The van der Waals surface area contributed by atoms with E-state index in [1.54, 1.807) is 24.3 Å². The van der Waals surface area contributed by atoms with Gasteiger partial charge in [0.1, 0.15) is 11.6 Å². The maximum atomic E-state index is 12.2. The third kappa shape index (κ3) is 5.89. The van der Waals surface area contributed by atoms with E-state index in [0.717, 1.165) is 37.7 Å². The summed E-state index contributed by atoms with van der Waals surface area (Å²) in [6, 6.07) is 5.82. The highest BCUT2D eigenvalue weighted by Crippen LogP contribution is 2.27. The van der Waals surface area contributed by atoms with Gasteiger partial charge in [-0.15, -0.1) is 0 Å². The summed E-state index contributed by atoms with van der Waals surface area (Å²) in [6.07, 6.45) is 6.57. The number of carboxylic acids is 1. The lowest BCUT2D eigenvalue weighted by atomic mass is 9.85. The average Bonchev–Trinajstić information content (AvgIpc) is 2.64. The Morgan fingerprint density at radius 1 is 1.19 bits per heavy atom. The van der Waals surface area contributed by atoms with Gasteiger partial charge in [0.15, 0.2) is 0 Å². The number of aliphatic hydroxyl groups is 1. The molecule has 1 aromatic rings. The molecule has 0 spiro atoms. The van der Waals surface area contributed by atoms with E-state index in [9.17, 15) is 19.8 Å². The van der Waals surface area contributed by atoms with Gasteiger partial charge in [-0.1, -0.05) is 38.0 Å². The monoisotopic (exact) mass is 357 g/mol. The molecule has 0 bridgehead atoms. The van der Waals surface area contributed by atoms with Crippen molar-refractivity contribution in [1.29, 1.82) is 0 Å². The molecule has 1 aliphatic rings. The number of rotatable bonds is 6. The molecule has 1 atom stereocenters. The molecule has 26 heavy (non-hydrogen) atoms. The minimum Gasteiger partial charge on any atom is -0.480 e. The standard InChI is InChI=1S/C21H27NO4/c1-2-3-7-18(20(24)25)22-19(23)17-10-8-16(9-11-17)12-15-21(26)13-5-4-6-14-21/h8-11,18,26H,2-7,13-14H2,1H3,(H,22,23)(H,24,25)/t18-/m1/s1. The highest BCUT2D eigenvalue weighted by molar-refractivity contribution is 5.96. The largest absolute Gasteiger partial charge is 0.480 e. The van der Waals surface area contributed by atoms with E-state index in [1.807, 2.05) is 6.92 Å². The molecule has 0 heterocycles. The first-order valence-electron chi connectivity index (χ1n) is 9.33. The second kappa shape index (κ2) is 9.40. The van der Waals surface area contributed by atoms with Crippen LogP contribution in [0.3, 0.4) is 0 Å². The van der Waals surface area contributed by atoms with Crippen LogP contribution < -0.4 is 5.32 Å². The van der Waals surface area contributed by atoms with E-state index in [2.05, 4.69) is 17.2 Å². The van der Waals surface area contributed by atoms with Crippen molar-refractivity contribution in [3.8, 4) is 11.8 Å². The molecule has 5 nitrogen and oxygen atoms in total. The van der Waals surface area contributed by atoms with Crippen LogP contribution in [0.1, 0.15) is 74.2 Å².